The number of anilines is 1. The van der Waals surface area contributed by atoms with E-state index in [-0.39, 0.29) is 23.5 Å². The van der Waals surface area contributed by atoms with E-state index in [1.807, 2.05) is 0 Å². The number of nitrogens with zero attached hydrogens (tertiary/aromatic N) is 1. The first-order valence-electron chi connectivity index (χ1n) is 6.74. The maximum absolute atomic E-state index is 13.7. The summed E-state index contributed by atoms with van der Waals surface area (Å²) in [5, 5.41) is 5.18. The minimum atomic E-state index is -0.488. The van der Waals surface area contributed by atoms with E-state index in [1.165, 1.54) is 12.1 Å². The molecule has 1 saturated heterocycles. The van der Waals surface area contributed by atoms with Crippen molar-refractivity contribution in [3.05, 3.63) is 28.5 Å². The zero-order chi connectivity index (χ0) is 15.4. The summed E-state index contributed by atoms with van der Waals surface area (Å²) >= 11 is 3.17. The van der Waals surface area contributed by atoms with Crippen LogP contribution in [-0.2, 0) is 4.79 Å². The van der Waals surface area contributed by atoms with Gasteiger partial charge in [0.15, 0.2) is 0 Å². The summed E-state index contributed by atoms with van der Waals surface area (Å²) in [7, 11) is 1.61. The van der Waals surface area contributed by atoms with E-state index < -0.39 is 5.82 Å². The van der Waals surface area contributed by atoms with Crippen LogP contribution in [0.3, 0.4) is 0 Å². The first-order chi connectivity index (χ1) is 10.0. The van der Waals surface area contributed by atoms with E-state index in [4.69, 9.17) is 0 Å². The van der Waals surface area contributed by atoms with Crippen LogP contribution in [0, 0.1) is 11.7 Å². The van der Waals surface area contributed by atoms with Gasteiger partial charge in [-0.2, -0.15) is 0 Å². The fourth-order valence-corrected chi connectivity index (χ4v) is 2.67. The number of amides is 3. The third-order valence-corrected chi connectivity index (χ3v) is 4.07. The van der Waals surface area contributed by atoms with Crippen LogP contribution in [0.4, 0.5) is 14.9 Å². The molecule has 2 rings (SSSR count). The third kappa shape index (κ3) is 3.93. The molecule has 114 valence electrons. The number of benzene rings is 1. The summed E-state index contributed by atoms with van der Waals surface area (Å²) in [4.78, 5) is 25.2. The summed E-state index contributed by atoms with van der Waals surface area (Å²) in [5.74, 6) is -0.532. The monoisotopic (exact) mass is 357 g/mol. The van der Waals surface area contributed by atoms with Gasteiger partial charge in [-0.3, -0.25) is 4.79 Å². The Balaban J connectivity index is 1.92. The standard InChI is InChI=1S/C14H17BrFN3O2/c1-17-13(20)9-4-6-19(7-5-9)14(21)18-12-3-2-10(15)8-11(12)16/h2-3,8-9H,4-7H2,1H3,(H,17,20)(H,18,21). The van der Waals surface area contributed by atoms with Gasteiger partial charge < -0.3 is 15.5 Å². The molecule has 0 saturated carbocycles. The summed E-state index contributed by atoms with van der Waals surface area (Å²) in [6.45, 7) is 0.976. The maximum atomic E-state index is 13.7. The predicted molar refractivity (Wildman–Crippen MR) is 81.5 cm³/mol. The topological polar surface area (TPSA) is 61.4 Å². The Bertz CT molecular complexity index is 545. The number of halogens is 2. The zero-order valence-electron chi connectivity index (χ0n) is 11.7. The molecular weight excluding hydrogens is 341 g/mol. The Morgan fingerprint density at radius 1 is 1.33 bits per heavy atom. The maximum Gasteiger partial charge on any atom is 0.321 e. The second-order valence-electron chi connectivity index (χ2n) is 4.93. The second-order valence-corrected chi connectivity index (χ2v) is 5.85. The number of urea groups is 1. The second kappa shape index (κ2) is 6.89. The minimum absolute atomic E-state index is 0.00834. The third-order valence-electron chi connectivity index (χ3n) is 3.57. The Labute approximate surface area is 131 Å². The molecule has 2 N–H and O–H groups in total. The molecule has 1 aliphatic heterocycles. The Morgan fingerprint density at radius 3 is 2.57 bits per heavy atom. The van der Waals surface area contributed by atoms with Crippen molar-refractivity contribution < 1.29 is 14.0 Å². The molecule has 1 aromatic carbocycles. The van der Waals surface area contributed by atoms with Gasteiger partial charge in [-0.1, -0.05) is 15.9 Å². The molecule has 0 unspecified atom stereocenters. The number of hydrogen-bond donors (Lipinski definition) is 2. The van der Waals surface area contributed by atoms with Crippen LogP contribution < -0.4 is 10.6 Å². The highest BCUT2D eigenvalue weighted by Crippen LogP contribution is 2.21. The van der Waals surface area contributed by atoms with Crippen LogP contribution in [0.5, 0.6) is 0 Å². The van der Waals surface area contributed by atoms with Crippen molar-refractivity contribution in [2.24, 2.45) is 5.92 Å². The fourth-order valence-electron chi connectivity index (χ4n) is 2.33. The molecule has 0 radical (unpaired) electrons. The van der Waals surface area contributed by atoms with Crippen molar-refractivity contribution in [1.82, 2.24) is 10.2 Å². The Kier molecular flexibility index (Phi) is 5.17. The van der Waals surface area contributed by atoms with Crippen molar-refractivity contribution >= 4 is 33.6 Å². The Morgan fingerprint density at radius 2 is 2.00 bits per heavy atom. The van der Waals surface area contributed by atoms with Gasteiger partial charge in [0, 0.05) is 30.5 Å². The summed E-state index contributed by atoms with van der Waals surface area (Å²) in [6, 6.07) is 4.13. The highest BCUT2D eigenvalue weighted by atomic mass is 79.9. The summed E-state index contributed by atoms with van der Waals surface area (Å²) < 4.78 is 14.3. The Hall–Kier alpha value is -1.63. The van der Waals surface area contributed by atoms with Crippen LogP contribution in [-0.4, -0.2) is 37.0 Å². The van der Waals surface area contributed by atoms with Gasteiger partial charge in [0.05, 0.1) is 5.69 Å². The van der Waals surface area contributed by atoms with Gasteiger partial charge >= 0.3 is 6.03 Å². The number of carbonyl (C=O) groups is 2. The van der Waals surface area contributed by atoms with Gasteiger partial charge in [0.1, 0.15) is 5.82 Å². The molecule has 1 fully saturated rings. The van der Waals surface area contributed by atoms with Crippen molar-refractivity contribution in [3.8, 4) is 0 Å². The molecule has 1 heterocycles. The molecular formula is C14H17BrFN3O2. The summed E-state index contributed by atoms with van der Waals surface area (Å²) in [6.07, 6.45) is 1.24. The molecule has 7 heteroatoms. The average Bonchev–Trinajstić information content (AvgIpc) is 2.49. The predicted octanol–water partition coefficient (Wildman–Crippen LogP) is 2.58. The number of hydrogen-bond acceptors (Lipinski definition) is 2. The SMILES string of the molecule is CNC(=O)C1CCN(C(=O)Nc2ccc(Br)cc2F)CC1. The van der Waals surface area contributed by atoms with E-state index in [2.05, 4.69) is 26.6 Å². The van der Waals surface area contributed by atoms with Crippen molar-refractivity contribution in [2.45, 2.75) is 12.8 Å². The molecule has 0 aliphatic carbocycles. The van der Waals surface area contributed by atoms with Gasteiger partial charge in [-0.05, 0) is 31.0 Å². The first-order valence-corrected chi connectivity index (χ1v) is 7.53. The molecule has 1 aliphatic rings. The van der Waals surface area contributed by atoms with Gasteiger partial charge in [0.2, 0.25) is 5.91 Å². The lowest BCUT2D eigenvalue weighted by Crippen LogP contribution is -2.44. The molecule has 21 heavy (non-hydrogen) atoms. The number of piperidine rings is 1. The lowest BCUT2D eigenvalue weighted by Gasteiger charge is -2.31. The zero-order valence-corrected chi connectivity index (χ0v) is 13.2. The van der Waals surface area contributed by atoms with Crippen LogP contribution >= 0.6 is 15.9 Å². The van der Waals surface area contributed by atoms with Crippen LogP contribution in [0.25, 0.3) is 0 Å². The average molecular weight is 358 g/mol. The molecule has 1 aromatic rings. The smallest absolute Gasteiger partial charge is 0.321 e. The van der Waals surface area contributed by atoms with Gasteiger partial charge in [-0.15, -0.1) is 0 Å². The van der Waals surface area contributed by atoms with E-state index in [1.54, 1.807) is 18.0 Å². The van der Waals surface area contributed by atoms with Gasteiger partial charge in [-0.25, -0.2) is 9.18 Å². The van der Waals surface area contributed by atoms with Crippen molar-refractivity contribution in [1.29, 1.82) is 0 Å². The lowest BCUT2D eigenvalue weighted by molar-refractivity contribution is -0.125. The van der Waals surface area contributed by atoms with E-state index in [0.29, 0.717) is 30.4 Å². The van der Waals surface area contributed by atoms with Crippen LogP contribution in [0.2, 0.25) is 0 Å². The highest BCUT2D eigenvalue weighted by molar-refractivity contribution is 9.10. The quantitative estimate of drug-likeness (QED) is 0.854. The highest BCUT2D eigenvalue weighted by Gasteiger charge is 2.26. The minimum Gasteiger partial charge on any atom is -0.359 e. The lowest BCUT2D eigenvalue weighted by atomic mass is 9.96. The van der Waals surface area contributed by atoms with Crippen molar-refractivity contribution in [2.75, 3.05) is 25.5 Å². The first kappa shape index (κ1) is 15.8. The largest absolute Gasteiger partial charge is 0.359 e. The number of rotatable bonds is 2. The van der Waals surface area contributed by atoms with Gasteiger partial charge in [0.25, 0.3) is 0 Å². The van der Waals surface area contributed by atoms with Crippen LogP contribution in [0.15, 0.2) is 22.7 Å². The number of likely N-dealkylation sites (tertiary alicyclic amines) is 1. The van der Waals surface area contributed by atoms with E-state index in [0.717, 1.165) is 0 Å². The molecule has 5 nitrogen and oxygen atoms in total. The molecule has 0 aromatic heterocycles. The number of carbonyl (C=O) groups excluding carboxylic acids is 2. The molecule has 0 atom stereocenters. The van der Waals surface area contributed by atoms with E-state index >= 15 is 0 Å². The molecule has 3 amide bonds. The number of nitrogens with one attached hydrogen (secondary N) is 2. The molecule has 0 spiro atoms. The summed E-state index contributed by atoms with van der Waals surface area (Å²) in [5.41, 5.74) is 0.150. The molecule has 0 bridgehead atoms. The normalized spacial score (nSPS) is 15.7. The van der Waals surface area contributed by atoms with Crippen molar-refractivity contribution in [3.63, 3.8) is 0 Å². The van der Waals surface area contributed by atoms with E-state index in [9.17, 15) is 14.0 Å². The fraction of sp³-hybridized carbons (Fsp3) is 0.429. The van der Waals surface area contributed by atoms with Crippen LogP contribution in [0.1, 0.15) is 12.8 Å².